The Bertz CT molecular complexity index is 1620. The molecule has 2 aromatic heterocycles. The van der Waals surface area contributed by atoms with E-state index in [1.54, 1.807) is 15.8 Å². The minimum absolute atomic E-state index is 0.0137. The summed E-state index contributed by atoms with van der Waals surface area (Å²) in [5.74, 6) is -0.206. The number of nitrogens with zero attached hydrogens (tertiary/aromatic N) is 6. The van der Waals surface area contributed by atoms with Crippen molar-refractivity contribution in [1.29, 1.82) is 0 Å². The van der Waals surface area contributed by atoms with Crippen LogP contribution in [-0.2, 0) is 30.3 Å². The van der Waals surface area contributed by atoms with Crippen LogP contribution in [0.2, 0.25) is 0 Å². The van der Waals surface area contributed by atoms with E-state index in [2.05, 4.69) is 9.98 Å². The zero-order chi connectivity index (χ0) is 28.5. The van der Waals surface area contributed by atoms with Gasteiger partial charge in [-0.15, -0.1) is 0 Å². The summed E-state index contributed by atoms with van der Waals surface area (Å²) < 4.78 is 27.4. The predicted octanol–water partition coefficient (Wildman–Crippen LogP) is 2.81. The van der Waals surface area contributed by atoms with Crippen molar-refractivity contribution in [3.63, 3.8) is 0 Å². The van der Waals surface area contributed by atoms with Crippen LogP contribution < -0.4 is 5.56 Å². The Balaban J connectivity index is 1.40. The molecule has 0 N–H and O–H groups in total. The Morgan fingerprint density at radius 1 is 1.05 bits per heavy atom. The molecule has 12 heteroatoms. The largest absolute Gasteiger partial charge is 0.463 e. The lowest BCUT2D eigenvalue weighted by Crippen LogP contribution is -2.32. The van der Waals surface area contributed by atoms with E-state index in [1.807, 2.05) is 74.8 Å². The molecule has 0 aliphatic carbocycles. The zero-order valence-electron chi connectivity index (χ0n) is 22.9. The van der Waals surface area contributed by atoms with Crippen molar-refractivity contribution in [3.05, 3.63) is 88.5 Å². The third-order valence-electron chi connectivity index (χ3n) is 6.89. The molecule has 212 valence electrons. The second-order valence-electron chi connectivity index (χ2n) is 10.1. The number of aliphatic imine (C=N–C) groups is 1. The lowest BCUT2D eigenvalue weighted by Gasteiger charge is -2.21. The number of rotatable bonds is 8. The van der Waals surface area contributed by atoms with Crippen LogP contribution in [-0.4, -0.2) is 75.3 Å². The summed E-state index contributed by atoms with van der Waals surface area (Å²) in [6.45, 7) is 1.60. The molecule has 2 aliphatic rings. The minimum atomic E-state index is -0.748. The summed E-state index contributed by atoms with van der Waals surface area (Å²) in [7, 11) is 3.67. The van der Waals surface area contributed by atoms with Gasteiger partial charge in [0, 0.05) is 26.6 Å². The number of hydrogen-bond donors (Lipinski definition) is 0. The van der Waals surface area contributed by atoms with Crippen molar-refractivity contribution >= 4 is 29.4 Å². The number of ether oxygens (including phenoxy) is 4. The van der Waals surface area contributed by atoms with Crippen LogP contribution in [0.5, 0.6) is 0 Å². The SMILES string of the molecule is CC(=O)OC[C@H]1O[C@@H](n2cnc3c(=O)n(Cc4ccccc4)c(/N=C\N(C)C)nc32)[C@@H]2OC(c3ccccc3)O[C@@H]21. The standard InChI is InChI=1S/C29H30N6O6/c1-18(36)38-15-21-23-24(41-28(40-23)20-12-8-5-9-13-20)27(39-21)35-17-30-22-25(35)32-29(31-16-33(2)3)34(26(22)37)14-19-10-6-4-7-11-19/h4-13,16-17,21,23-24,27-28H,14-15H2,1-3H3/b31-16-/t21-,23-,24-,27-,28?/m1/s1. The van der Waals surface area contributed by atoms with Crippen molar-refractivity contribution in [1.82, 2.24) is 24.0 Å². The lowest BCUT2D eigenvalue weighted by atomic mass is 10.1. The van der Waals surface area contributed by atoms with E-state index in [1.165, 1.54) is 17.8 Å². The van der Waals surface area contributed by atoms with E-state index in [4.69, 9.17) is 23.9 Å². The Morgan fingerprint density at radius 2 is 1.76 bits per heavy atom. The summed E-state index contributed by atoms with van der Waals surface area (Å²) >= 11 is 0. The van der Waals surface area contributed by atoms with Crippen molar-refractivity contribution in [2.45, 2.75) is 44.3 Å². The number of fused-ring (bicyclic) bond motifs is 2. The highest BCUT2D eigenvalue weighted by molar-refractivity contribution is 5.72. The molecule has 1 unspecified atom stereocenters. The molecule has 0 amide bonds. The molecule has 4 heterocycles. The monoisotopic (exact) mass is 558 g/mol. The second-order valence-corrected chi connectivity index (χ2v) is 10.1. The Hall–Kier alpha value is -4.39. The van der Waals surface area contributed by atoms with Crippen molar-refractivity contribution in [2.75, 3.05) is 20.7 Å². The highest BCUT2D eigenvalue weighted by atomic mass is 16.8. The molecule has 0 radical (unpaired) electrons. The smallest absolute Gasteiger partial charge is 0.302 e. The van der Waals surface area contributed by atoms with Gasteiger partial charge in [0.05, 0.1) is 19.2 Å². The van der Waals surface area contributed by atoms with Crippen LogP contribution in [0.1, 0.15) is 30.6 Å². The van der Waals surface area contributed by atoms with Gasteiger partial charge in [-0.05, 0) is 5.56 Å². The maximum absolute atomic E-state index is 13.7. The summed E-state index contributed by atoms with van der Waals surface area (Å²) in [4.78, 5) is 40.8. The minimum Gasteiger partial charge on any atom is -0.463 e. The maximum atomic E-state index is 13.7. The van der Waals surface area contributed by atoms with Crippen LogP contribution in [0.25, 0.3) is 11.2 Å². The Kier molecular flexibility index (Phi) is 7.35. The van der Waals surface area contributed by atoms with E-state index in [0.717, 1.165) is 11.1 Å². The van der Waals surface area contributed by atoms with Gasteiger partial charge in [-0.2, -0.15) is 4.98 Å². The number of benzene rings is 2. The third-order valence-corrected chi connectivity index (χ3v) is 6.89. The first-order chi connectivity index (χ1) is 19.9. The summed E-state index contributed by atoms with van der Waals surface area (Å²) in [6, 6.07) is 19.2. The molecule has 2 fully saturated rings. The van der Waals surface area contributed by atoms with Crippen LogP contribution in [0, 0.1) is 0 Å². The number of imidazole rings is 1. The molecule has 2 aliphatic heterocycles. The van der Waals surface area contributed by atoms with Crippen molar-refractivity contribution in [2.24, 2.45) is 4.99 Å². The van der Waals surface area contributed by atoms with Gasteiger partial charge in [-0.3, -0.25) is 18.7 Å². The van der Waals surface area contributed by atoms with Gasteiger partial charge < -0.3 is 23.8 Å². The first-order valence-electron chi connectivity index (χ1n) is 13.3. The van der Waals surface area contributed by atoms with Gasteiger partial charge in [0.15, 0.2) is 23.7 Å². The van der Waals surface area contributed by atoms with Crippen molar-refractivity contribution in [3.8, 4) is 0 Å². The molecular formula is C29H30N6O6. The van der Waals surface area contributed by atoms with Crippen LogP contribution in [0.4, 0.5) is 5.95 Å². The molecule has 12 nitrogen and oxygen atoms in total. The fourth-order valence-electron chi connectivity index (χ4n) is 5.01. The van der Waals surface area contributed by atoms with E-state index in [9.17, 15) is 9.59 Å². The molecule has 0 saturated carbocycles. The van der Waals surface area contributed by atoms with E-state index < -0.39 is 36.8 Å². The topological polar surface area (TPSA) is 122 Å². The number of carbonyl (C=O) groups is 1. The Labute approximate surface area is 235 Å². The summed E-state index contributed by atoms with van der Waals surface area (Å²) in [6.07, 6.45) is -0.00596. The Morgan fingerprint density at radius 3 is 2.46 bits per heavy atom. The van der Waals surface area contributed by atoms with Crippen LogP contribution in [0.3, 0.4) is 0 Å². The highest BCUT2D eigenvalue weighted by Gasteiger charge is 2.54. The molecule has 0 spiro atoms. The second kappa shape index (κ2) is 11.2. The average molecular weight is 559 g/mol. The van der Waals surface area contributed by atoms with Crippen LogP contribution in [0.15, 0.2) is 76.8 Å². The van der Waals surface area contributed by atoms with Gasteiger partial charge in [0.25, 0.3) is 5.56 Å². The number of aromatic nitrogens is 4. The van der Waals surface area contributed by atoms with Gasteiger partial charge >= 0.3 is 5.97 Å². The van der Waals surface area contributed by atoms with E-state index >= 15 is 0 Å². The first-order valence-corrected chi connectivity index (χ1v) is 13.3. The predicted molar refractivity (Wildman–Crippen MR) is 149 cm³/mol. The molecule has 41 heavy (non-hydrogen) atoms. The molecule has 2 aromatic carbocycles. The number of carbonyl (C=O) groups excluding carboxylic acids is 1. The van der Waals surface area contributed by atoms with Gasteiger partial charge in [-0.25, -0.2) is 9.98 Å². The van der Waals surface area contributed by atoms with Crippen LogP contribution >= 0.6 is 0 Å². The number of hydrogen-bond acceptors (Lipinski definition) is 9. The van der Waals surface area contributed by atoms with Gasteiger partial charge in [-0.1, -0.05) is 60.7 Å². The molecular weight excluding hydrogens is 528 g/mol. The quantitative estimate of drug-likeness (QED) is 0.183. The third kappa shape index (κ3) is 5.36. The lowest BCUT2D eigenvalue weighted by molar-refractivity contribution is -0.165. The fraction of sp³-hybridized carbons (Fsp3) is 0.345. The highest BCUT2D eigenvalue weighted by Crippen LogP contribution is 2.44. The van der Waals surface area contributed by atoms with E-state index in [-0.39, 0.29) is 30.2 Å². The van der Waals surface area contributed by atoms with E-state index in [0.29, 0.717) is 5.65 Å². The molecule has 0 bridgehead atoms. The van der Waals surface area contributed by atoms with Gasteiger partial charge in [0.1, 0.15) is 24.9 Å². The van der Waals surface area contributed by atoms with Crippen molar-refractivity contribution < 1.29 is 23.7 Å². The molecule has 2 saturated heterocycles. The van der Waals surface area contributed by atoms with Gasteiger partial charge in [0.2, 0.25) is 5.95 Å². The zero-order valence-corrected chi connectivity index (χ0v) is 22.9. The maximum Gasteiger partial charge on any atom is 0.302 e. The fourth-order valence-corrected chi connectivity index (χ4v) is 5.01. The normalized spacial score (nSPS) is 23.7. The number of esters is 1. The summed E-state index contributed by atoms with van der Waals surface area (Å²) in [5, 5.41) is 0. The molecule has 4 aromatic rings. The summed E-state index contributed by atoms with van der Waals surface area (Å²) in [5.41, 5.74) is 1.92. The first kappa shape index (κ1) is 26.8. The molecule has 5 atom stereocenters. The average Bonchev–Trinajstić information content (AvgIpc) is 3.68. The molecule has 6 rings (SSSR count).